The Morgan fingerprint density at radius 1 is 1.12 bits per heavy atom. The van der Waals surface area contributed by atoms with Gasteiger partial charge in [0, 0.05) is 23.1 Å². The molecule has 0 aliphatic carbocycles. The molecular weight excluding hydrogens is 444 g/mol. The zero-order valence-electron chi connectivity index (χ0n) is 13.6. The lowest BCUT2D eigenvalue weighted by molar-refractivity contribution is 0.0730. The van der Waals surface area contributed by atoms with E-state index in [9.17, 15) is 13.2 Å². The van der Waals surface area contributed by atoms with Crippen LogP contribution in [0.25, 0.3) is 0 Å². The highest BCUT2D eigenvalue weighted by molar-refractivity contribution is 9.10. The normalized spacial score (nSPS) is 15.6. The average Bonchev–Trinajstić information content (AvgIpc) is 2.64. The second kappa shape index (κ2) is 8.06. The number of anilines is 1. The Balaban J connectivity index is 1.85. The minimum absolute atomic E-state index is 0.0786. The van der Waals surface area contributed by atoms with Gasteiger partial charge in [0.15, 0.2) is 0 Å². The van der Waals surface area contributed by atoms with Crippen LogP contribution in [0, 0.1) is 0 Å². The van der Waals surface area contributed by atoms with Crippen LogP contribution >= 0.6 is 27.5 Å². The minimum Gasteiger partial charge on any atom is -0.379 e. The zero-order valence-corrected chi connectivity index (χ0v) is 16.8. The van der Waals surface area contributed by atoms with Gasteiger partial charge in [-0.25, -0.2) is 8.42 Å². The second-order valence-electron chi connectivity index (χ2n) is 5.62. The van der Waals surface area contributed by atoms with Crippen LogP contribution in [-0.4, -0.2) is 44.9 Å². The summed E-state index contributed by atoms with van der Waals surface area (Å²) in [6, 6.07) is 11.1. The van der Waals surface area contributed by atoms with E-state index in [4.69, 9.17) is 16.3 Å². The van der Waals surface area contributed by atoms with E-state index >= 15 is 0 Å². The molecule has 1 aliphatic heterocycles. The first kappa shape index (κ1) is 19.3. The standard InChI is InChI=1S/C17H16BrClN2O4S/c18-13-3-1-12(2-4-13)17(22)20-16-11-14(5-6-15(16)19)26(23,24)21-7-9-25-10-8-21/h1-6,11H,7-10H2,(H,20,22). The number of nitrogens with zero attached hydrogens (tertiary/aromatic N) is 1. The Kier molecular flexibility index (Phi) is 5.99. The molecule has 0 unspecified atom stereocenters. The Hall–Kier alpha value is -1.45. The van der Waals surface area contributed by atoms with E-state index in [0.717, 1.165) is 4.47 Å². The molecule has 1 N–H and O–H groups in total. The van der Waals surface area contributed by atoms with Crippen LogP contribution in [-0.2, 0) is 14.8 Å². The summed E-state index contributed by atoms with van der Waals surface area (Å²) >= 11 is 9.45. The molecule has 0 saturated carbocycles. The van der Waals surface area contributed by atoms with E-state index in [1.165, 1.54) is 22.5 Å². The first-order chi connectivity index (χ1) is 12.4. The Morgan fingerprint density at radius 3 is 2.42 bits per heavy atom. The minimum atomic E-state index is -3.67. The number of hydrogen-bond acceptors (Lipinski definition) is 4. The van der Waals surface area contributed by atoms with Gasteiger partial charge in [0.25, 0.3) is 5.91 Å². The van der Waals surface area contributed by atoms with Crippen molar-refractivity contribution < 1.29 is 17.9 Å². The van der Waals surface area contributed by atoms with Crippen molar-refractivity contribution in [2.45, 2.75) is 4.90 Å². The quantitative estimate of drug-likeness (QED) is 0.760. The summed E-state index contributed by atoms with van der Waals surface area (Å²) < 4.78 is 32.9. The number of halogens is 2. The van der Waals surface area contributed by atoms with Gasteiger partial charge in [0.05, 0.1) is 28.8 Å². The number of carbonyl (C=O) groups is 1. The highest BCUT2D eigenvalue weighted by Crippen LogP contribution is 2.28. The third-order valence-electron chi connectivity index (χ3n) is 3.90. The predicted octanol–water partition coefficient (Wildman–Crippen LogP) is 3.38. The molecule has 3 rings (SSSR count). The van der Waals surface area contributed by atoms with Gasteiger partial charge < -0.3 is 10.1 Å². The molecule has 1 saturated heterocycles. The van der Waals surface area contributed by atoms with E-state index in [2.05, 4.69) is 21.2 Å². The largest absolute Gasteiger partial charge is 0.379 e. The summed E-state index contributed by atoms with van der Waals surface area (Å²) in [7, 11) is -3.67. The summed E-state index contributed by atoms with van der Waals surface area (Å²) in [5, 5.41) is 2.93. The van der Waals surface area contributed by atoms with Gasteiger partial charge in [-0.2, -0.15) is 4.31 Å². The molecule has 0 radical (unpaired) electrons. The maximum absolute atomic E-state index is 12.8. The van der Waals surface area contributed by atoms with Gasteiger partial charge in [-0.3, -0.25) is 4.79 Å². The molecule has 9 heteroatoms. The fourth-order valence-corrected chi connectivity index (χ4v) is 4.36. The first-order valence-electron chi connectivity index (χ1n) is 7.82. The molecule has 0 spiro atoms. The first-order valence-corrected chi connectivity index (χ1v) is 10.4. The predicted molar refractivity (Wildman–Crippen MR) is 103 cm³/mol. The van der Waals surface area contributed by atoms with Gasteiger partial charge in [0.2, 0.25) is 10.0 Å². The number of hydrogen-bond donors (Lipinski definition) is 1. The highest BCUT2D eigenvalue weighted by Gasteiger charge is 2.27. The van der Waals surface area contributed by atoms with E-state index in [1.807, 2.05) is 0 Å². The third kappa shape index (κ3) is 4.27. The molecule has 1 fully saturated rings. The molecule has 26 heavy (non-hydrogen) atoms. The monoisotopic (exact) mass is 458 g/mol. The lowest BCUT2D eigenvalue weighted by atomic mass is 10.2. The Morgan fingerprint density at radius 2 is 1.77 bits per heavy atom. The molecule has 138 valence electrons. The molecule has 0 bridgehead atoms. The lowest BCUT2D eigenvalue weighted by Gasteiger charge is -2.26. The average molecular weight is 460 g/mol. The smallest absolute Gasteiger partial charge is 0.255 e. The van der Waals surface area contributed by atoms with Crippen LogP contribution < -0.4 is 5.32 Å². The molecular formula is C17H16BrClN2O4S. The number of nitrogens with one attached hydrogen (secondary N) is 1. The molecule has 0 atom stereocenters. The van der Waals surface area contributed by atoms with Crippen LogP contribution in [0.3, 0.4) is 0 Å². The summed E-state index contributed by atoms with van der Waals surface area (Å²) in [5.41, 5.74) is 0.680. The number of rotatable bonds is 4. The highest BCUT2D eigenvalue weighted by atomic mass is 79.9. The fourth-order valence-electron chi connectivity index (χ4n) is 2.49. The molecule has 2 aromatic carbocycles. The Labute approximate surface area is 165 Å². The number of ether oxygens (including phenoxy) is 1. The molecule has 2 aromatic rings. The van der Waals surface area contributed by atoms with Crippen molar-refractivity contribution in [3.63, 3.8) is 0 Å². The molecule has 6 nitrogen and oxygen atoms in total. The summed E-state index contributed by atoms with van der Waals surface area (Å²) in [6.07, 6.45) is 0. The summed E-state index contributed by atoms with van der Waals surface area (Å²) in [6.45, 7) is 1.32. The van der Waals surface area contributed by atoms with E-state index in [0.29, 0.717) is 31.9 Å². The molecule has 1 amide bonds. The van der Waals surface area contributed by atoms with Crippen molar-refractivity contribution in [3.8, 4) is 0 Å². The van der Waals surface area contributed by atoms with Crippen molar-refractivity contribution in [1.82, 2.24) is 4.31 Å². The number of amides is 1. The van der Waals surface area contributed by atoms with Crippen molar-refractivity contribution in [2.24, 2.45) is 0 Å². The van der Waals surface area contributed by atoms with E-state index in [-0.39, 0.29) is 21.5 Å². The summed E-state index contributed by atoms with van der Waals surface area (Å²) in [5.74, 6) is -0.375. The van der Waals surface area contributed by atoms with Gasteiger partial charge in [-0.1, -0.05) is 27.5 Å². The second-order valence-corrected chi connectivity index (χ2v) is 8.88. The fraction of sp³-hybridized carbons (Fsp3) is 0.235. The van der Waals surface area contributed by atoms with Crippen molar-refractivity contribution in [1.29, 1.82) is 0 Å². The SMILES string of the molecule is O=C(Nc1cc(S(=O)(=O)N2CCOCC2)ccc1Cl)c1ccc(Br)cc1. The van der Waals surface area contributed by atoms with Crippen molar-refractivity contribution >= 4 is 49.1 Å². The zero-order chi connectivity index (χ0) is 18.7. The van der Waals surface area contributed by atoms with Crippen LogP contribution in [0.15, 0.2) is 51.8 Å². The van der Waals surface area contributed by atoms with Crippen molar-refractivity contribution in [2.75, 3.05) is 31.6 Å². The molecule has 1 heterocycles. The van der Waals surface area contributed by atoms with Crippen LogP contribution in [0.5, 0.6) is 0 Å². The van der Waals surface area contributed by atoms with Crippen molar-refractivity contribution in [3.05, 3.63) is 57.5 Å². The van der Waals surface area contributed by atoms with Gasteiger partial charge >= 0.3 is 0 Å². The van der Waals surface area contributed by atoms with Crippen LogP contribution in [0.2, 0.25) is 5.02 Å². The van der Waals surface area contributed by atoms with Gasteiger partial charge in [-0.15, -0.1) is 0 Å². The number of sulfonamides is 1. The van der Waals surface area contributed by atoms with Crippen LogP contribution in [0.4, 0.5) is 5.69 Å². The Bertz CT molecular complexity index is 913. The number of benzene rings is 2. The maximum atomic E-state index is 12.8. The maximum Gasteiger partial charge on any atom is 0.255 e. The summed E-state index contributed by atoms with van der Waals surface area (Å²) in [4.78, 5) is 12.5. The topological polar surface area (TPSA) is 75.7 Å². The molecule has 0 aromatic heterocycles. The van der Waals surface area contributed by atoms with E-state index in [1.54, 1.807) is 24.3 Å². The van der Waals surface area contributed by atoms with Gasteiger partial charge in [-0.05, 0) is 42.5 Å². The molecule has 1 aliphatic rings. The third-order valence-corrected chi connectivity index (χ3v) is 6.65. The van der Waals surface area contributed by atoms with Crippen LogP contribution in [0.1, 0.15) is 10.4 Å². The number of carbonyl (C=O) groups excluding carboxylic acids is 1. The van der Waals surface area contributed by atoms with Gasteiger partial charge in [0.1, 0.15) is 0 Å². The lowest BCUT2D eigenvalue weighted by Crippen LogP contribution is -2.40. The van der Waals surface area contributed by atoms with E-state index < -0.39 is 10.0 Å². The number of morpholine rings is 1.